The lowest BCUT2D eigenvalue weighted by Gasteiger charge is -2.12. The summed E-state index contributed by atoms with van der Waals surface area (Å²) in [6, 6.07) is 0. The molecule has 100 valence electrons. The summed E-state index contributed by atoms with van der Waals surface area (Å²) in [5.74, 6) is 4.81. The van der Waals surface area contributed by atoms with Gasteiger partial charge in [-0.2, -0.15) is 0 Å². The summed E-state index contributed by atoms with van der Waals surface area (Å²) in [5, 5.41) is 0. The highest BCUT2D eigenvalue weighted by molar-refractivity contribution is 5.80. The minimum atomic E-state index is -0.395. The monoisotopic (exact) mass is 244 g/mol. The Morgan fingerprint density at radius 3 is 2.94 bits per heavy atom. The van der Waals surface area contributed by atoms with E-state index in [1.54, 1.807) is 0 Å². The molecule has 1 amide bonds. The van der Waals surface area contributed by atoms with Gasteiger partial charge in [0.1, 0.15) is 6.10 Å². The topological polar surface area (TPSA) is 73.6 Å². The van der Waals surface area contributed by atoms with Crippen molar-refractivity contribution in [3.8, 4) is 0 Å². The fourth-order valence-electron chi connectivity index (χ4n) is 1.96. The van der Waals surface area contributed by atoms with Crippen molar-refractivity contribution >= 4 is 5.91 Å². The first-order chi connectivity index (χ1) is 8.27. The van der Waals surface area contributed by atoms with Crippen LogP contribution in [-0.2, 0) is 14.3 Å². The first-order valence-corrected chi connectivity index (χ1v) is 6.51. The number of nitrogens with two attached hydrogens (primary N) is 1. The summed E-state index contributed by atoms with van der Waals surface area (Å²) in [4.78, 5) is 11.2. The number of hydrogen-bond acceptors (Lipinski definition) is 4. The van der Waals surface area contributed by atoms with Crippen molar-refractivity contribution in [1.29, 1.82) is 0 Å². The molecule has 1 aliphatic rings. The molecule has 0 radical (unpaired) electrons. The van der Waals surface area contributed by atoms with Gasteiger partial charge in [0.25, 0.3) is 5.91 Å². The molecular weight excluding hydrogens is 220 g/mol. The van der Waals surface area contributed by atoms with Crippen LogP contribution in [0.1, 0.15) is 45.4 Å². The SMILES string of the molecule is CCCCCCOCC1CCC(C(=O)NN)O1. The predicted octanol–water partition coefficient (Wildman–Crippen LogP) is 1.12. The molecule has 0 aromatic heterocycles. The van der Waals surface area contributed by atoms with Gasteiger partial charge >= 0.3 is 0 Å². The number of ether oxygens (including phenoxy) is 2. The number of carbonyl (C=O) groups is 1. The van der Waals surface area contributed by atoms with Crippen molar-refractivity contribution in [2.24, 2.45) is 5.84 Å². The van der Waals surface area contributed by atoms with Gasteiger partial charge in [-0.15, -0.1) is 0 Å². The quantitative estimate of drug-likeness (QED) is 0.290. The Hall–Kier alpha value is -0.650. The van der Waals surface area contributed by atoms with E-state index in [1.165, 1.54) is 19.3 Å². The molecule has 0 aliphatic carbocycles. The minimum absolute atomic E-state index is 0.0449. The third-order valence-corrected chi connectivity index (χ3v) is 2.99. The largest absolute Gasteiger partial charge is 0.379 e. The summed E-state index contributed by atoms with van der Waals surface area (Å²) < 4.78 is 11.1. The average Bonchev–Trinajstić information content (AvgIpc) is 2.81. The first kappa shape index (κ1) is 14.4. The molecule has 3 N–H and O–H groups in total. The van der Waals surface area contributed by atoms with Gasteiger partial charge in [0.2, 0.25) is 0 Å². The zero-order valence-electron chi connectivity index (χ0n) is 10.6. The maximum atomic E-state index is 11.2. The molecule has 0 saturated carbocycles. The lowest BCUT2D eigenvalue weighted by molar-refractivity contribution is -0.133. The van der Waals surface area contributed by atoms with E-state index in [1.807, 2.05) is 0 Å². The highest BCUT2D eigenvalue weighted by Crippen LogP contribution is 2.19. The molecule has 1 rings (SSSR count). The maximum Gasteiger partial charge on any atom is 0.263 e. The van der Waals surface area contributed by atoms with Gasteiger partial charge in [-0.25, -0.2) is 5.84 Å². The number of amides is 1. The van der Waals surface area contributed by atoms with Gasteiger partial charge < -0.3 is 9.47 Å². The van der Waals surface area contributed by atoms with Gasteiger partial charge in [-0.3, -0.25) is 10.2 Å². The second-order valence-corrected chi connectivity index (χ2v) is 4.47. The molecule has 1 aliphatic heterocycles. The fraction of sp³-hybridized carbons (Fsp3) is 0.917. The van der Waals surface area contributed by atoms with E-state index in [0.717, 1.165) is 25.9 Å². The normalized spacial score (nSPS) is 23.9. The zero-order valence-corrected chi connectivity index (χ0v) is 10.6. The van der Waals surface area contributed by atoms with E-state index < -0.39 is 6.10 Å². The third-order valence-electron chi connectivity index (χ3n) is 2.99. The van der Waals surface area contributed by atoms with E-state index in [-0.39, 0.29) is 12.0 Å². The Kier molecular flexibility index (Phi) is 7.16. The van der Waals surface area contributed by atoms with Crippen LogP contribution in [-0.4, -0.2) is 31.3 Å². The van der Waals surface area contributed by atoms with Crippen LogP contribution in [0.4, 0.5) is 0 Å². The first-order valence-electron chi connectivity index (χ1n) is 6.51. The molecule has 0 aromatic rings. The van der Waals surface area contributed by atoms with E-state index in [4.69, 9.17) is 15.3 Å². The van der Waals surface area contributed by atoms with Crippen molar-refractivity contribution in [3.05, 3.63) is 0 Å². The summed E-state index contributed by atoms with van der Waals surface area (Å²) in [6.07, 6.45) is 6.08. The third kappa shape index (κ3) is 5.48. The standard InChI is InChI=1S/C12H24N2O3/c1-2-3-4-5-8-16-9-10-6-7-11(17-10)12(15)14-13/h10-11H,2-9,13H2,1H3,(H,14,15). The maximum absolute atomic E-state index is 11.2. The Balaban J connectivity index is 2.00. The van der Waals surface area contributed by atoms with Crippen molar-refractivity contribution in [3.63, 3.8) is 0 Å². The zero-order chi connectivity index (χ0) is 12.5. The Labute approximate surface area is 103 Å². The summed E-state index contributed by atoms with van der Waals surface area (Å²) in [7, 11) is 0. The van der Waals surface area contributed by atoms with E-state index >= 15 is 0 Å². The lowest BCUT2D eigenvalue weighted by atomic mass is 10.2. The van der Waals surface area contributed by atoms with E-state index in [0.29, 0.717) is 6.61 Å². The lowest BCUT2D eigenvalue weighted by Crippen LogP contribution is -2.39. The fourth-order valence-corrected chi connectivity index (χ4v) is 1.96. The molecule has 2 atom stereocenters. The number of unbranched alkanes of at least 4 members (excludes halogenated alkanes) is 3. The number of carbonyl (C=O) groups excluding carboxylic acids is 1. The molecule has 5 nitrogen and oxygen atoms in total. The smallest absolute Gasteiger partial charge is 0.263 e. The van der Waals surface area contributed by atoms with Crippen LogP contribution in [0.15, 0.2) is 0 Å². The molecule has 5 heteroatoms. The highest BCUT2D eigenvalue weighted by atomic mass is 16.5. The number of rotatable bonds is 8. The predicted molar refractivity (Wildman–Crippen MR) is 65.2 cm³/mol. The van der Waals surface area contributed by atoms with Gasteiger partial charge in [0.15, 0.2) is 0 Å². The van der Waals surface area contributed by atoms with Crippen LogP contribution in [0, 0.1) is 0 Å². The van der Waals surface area contributed by atoms with Crippen molar-refractivity contribution in [2.75, 3.05) is 13.2 Å². The van der Waals surface area contributed by atoms with Gasteiger partial charge in [-0.05, 0) is 19.3 Å². The Bertz CT molecular complexity index is 224. The van der Waals surface area contributed by atoms with Crippen molar-refractivity contribution in [1.82, 2.24) is 5.43 Å². The van der Waals surface area contributed by atoms with Crippen LogP contribution < -0.4 is 11.3 Å². The van der Waals surface area contributed by atoms with E-state index in [9.17, 15) is 4.79 Å². The summed E-state index contributed by atoms with van der Waals surface area (Å²) in [6.45, 7) is 3.56. The van der Waals surface area contributed by atoms with Crippen LogP contribution in [0.25, 0.3) is 0 Å². The number of nitrogens with one attached hydrogen (secondary N) is 1. The van der Waals surface area contributed by atoms with Gasteiger partial charge in [0, 0.05) is 6.61 Å². The van der Waals surface area contributed by atoms with Crippen LogP contribution >= 0.6 is 0 Å². The summed E-state index contributed by atoms with van der Waals surface area (Å²) in [5.41, 5.74) is 2.11. The minimum Gasteiger partial charge on any atom is -0.379 e. The average molecular weight is 244 g/mol. The summed E-state index contributed by atoms with van der Waals surface area (Å²) >= 11 is 0. The van der Waals surface area contributed by atoms with Crippen molar-refractivity contribution in [2.45, 2.75) is 57.7 Å². The van der Waals surface area contributed by atoms with Gasteiger partial charge in [0.05, 0.1) is 12.7 Å². The molecule has 17 heavy (non-hydrogen) atoms. The van der Waals surface area contributed by atoms with Crippen LogP contribution in [0.5, 0.6) is 0 Å². The molecule has 0 aromatic carbocycles. The van der Waals surface area contributed by atoms with Gasteiger partial charge in [-0.1, -0.05) is 26.2 Å². The highest BCUT2D eigenvalue weighted by Gasteiger charge is 2.30. The molecule has 1 fully saturated rings. The number of hydrogen-bond donors (Lipinski definition) is 2. The van der Waals surface area contributed by atoms with E-state index in [2.05, 4.69) is 12.3 Å². The molecule has 0 bridgehead atoms. The van der Waals surface area contributed by atoms with Crippen LogP contribution in [0.2, 0.25) is 0 Å². The molecule has 0 spiro atoms. The molecule has 1 saturated heterocycles. The molecule has 2 unspecified atom stereocenters. The second-order valence-electron chi connectivity index (χ2n) is 4.47. The van der Waals surface area contributed by atoms with Crippen molar-refractivity contribution < 1.29 is 14.3 Å². The Morgan fingerprint density at radius 1 is 1.41 bits per heavy atom. The second kappa shape index (κ2) is 8.44. The number of hydrazine groups is 1. The van der Waals surface area contributed by atoms with Crippen LogP contribution in [0.3, 0.4) is 0 Å². The molecular formula is C12H24N2O3. The molecule has 1 heterocycles. The Morgan fingerprint density at radius 2 is 2.24 bits per heavy atom.